The lowest BCUT2D eigenvalue weighted by molar-refractivity contribution is 0.0953. The molecule has 6 nitrogen and oxygen atoms in total. The SMILES string of the molecule is CC(N)CCNC(=O)c1sccc1S(=O)(=O)N1CCCC1. The number of sulfonamides is 1. The van der Waals surface area contributed by atoms with Crippen molar-refractivity contribution < 1.29 is 13.2 Å². The van der Waals surface area contributed by atoms with E-state index in [9.17, 15) is 13.2 Å². The Balaban J connectivity index is 2.12. The van der Waals surface area contributed by atoms with Crippen molar-refractivity contribution in [2.24, 2.45) is 5.73 Å². The molecule has 0 bridgehead atoms. The highest BCUT2D eigenvalue weighted by molar-refractivity contribution is 7.89. The summed E-state index contributed by atoms with van der Waals surface area (Å²) in [6, 6.07) is 1.51. The molecular weight excluding hydrogens is 310 g/mol. The van der Waals surface area contributed by atoms with E-state index in [-0.39, 0.29) is 21.7 Å². The molecule has 3 N–H and O–H groups in total. The van der Waals surface area contributed by atoms with Crippen LogP contribution < -0.4 is 11.1 Å². The molecule has 0 aromatic carbocycles. The van der Waals surface area contributed by atoms with Gasteiger partial charge in [-0.1, -0.05) is 0 Å². The highest BCUT2D eigenvalue weighted by Gasteiger charge is 2.31. The maximum Gasteiger partial charge on any atom is 0.262 e. The summed E-state index contributed by atoms with van der Waals surface area (Å²) in [5.41, 5.74) is 5.63. The summed E-state index contributed by atoms with van der Waals surface area (Å²) < 4.78 is 26.5. The standard InChI is InChI=1S/C13H21N3O3S2/c1-10(14)4-6-15-13(17)12-11(5-9-20-12)21(18,19)16-7-2-3-8-16/h5,9-10H,2-4,6-8,14H2,1H3,(H,15,17). The van der Waals surface area contributed by atoms with Gasteiger partial charge in [-0.3, -0.25) is 4.79 Å². The summed E-state index contributed by atoms with van der Waals surface area (Å²) in [4.78, 5) is 12.5. The topological polar surface area (TPSA) is 92.5 Å². The molecule has 1 aliphatic rings. The van der Waals surface area contributed by atoms with E-state index in [1.54, 1.807) is 5.38 Å². The molecule has 2 heterocycles. The molecule has 1 amide bonds. The van der Waals surface area contributed by atoms with Crippen LogP contribution in [0.25, 0.3) is 0 Å². The summed E-state index contributed by atoms with van der Waals surface area (Å²) in [7, 11) is -3.55. The zero-order valence-electron chi connectivity index (χ0n) is 12.0. The minimum atomic E-state index is -3.55. The highest BCUT2D eigenvalue weighted by Crippen LogP contribution is 2.27. The van der Waals surface area contributed by atoms with Gasteiger partial charge in [0.05, 0.1) is 0 Å². The van der Waals surface area contributed by atoms with Crippen LogP contribution in [0.1, 0.15) is 35.9 Å². The quantitative estimate of drug-likeness (QED) is 0.813. The van der Waals surface area contributed by atoms with Gasteiger partial charge < -0.3 is 11.1 Å². The average molecular weight is 331 g/mol. The Morgan fingerprint density at radius 1 is 1.48 bits per heavy atom. The third kappa shape index (κ3) is 3.82. The molecule has 1 aromatic rings. The number of amides is 1. The predicted octanol–water partition coefficient (Wildman–Crippen LogP) is 1.000. The molecule has 1 atom stereocenters. The second kappa shape index (κ2) is 6.87. The normalized spacial score (nSPS) is 17.8. The maximum atomic E-state index is 12.5. The third-order valence-corrected chi connectivity index (χ3v) is 6.39. The molecule has 0 radical (unpaired) electrons. The largest absolute Gasteiger partial charge is 0.351 e. The van der Waals surface area contributed by atoms with Crippen LogP contribution in [0.2, 0.25) is 0 Å². The Kier molecular flexibility index (Phi) is 5.37. The van der Waals surface area contributed by atoms with Gasteiger partial charge in [-0.15, -0.1) is 11.3 Å². The Morgan fingerprint density at radius 2 is 2.14 bits per heavy atom. The lowest BCUT2D eigenvalue weighted by Gasteiger charge is -2.15. The van der Waals surface area contributed by atoms with Crippen molar-refractivity contribution in [1.82, 2.24) is 9.62 Å². The minimum absolute atomic E-state index is 0.00133. The van der Waals surface area contributed by atoms with Gasteiger partial charge in [-0.2, -0.15) is 4.31 Å². The number of rotatable bonds is 6. The molecule has 1 aliphatic heterocycles. The number of nitrogens with two attached hydrogens (primary N) is 1. The van der Waals surface area contributed by atoms with Gasteiger partial charge in [0.15, 0.2) is 0 Å². The van der Waals surface area contributed by atoms with Crippen LogP contribution in [0, 0.1) is 0 Å². The fourth-order valence-electron chi connectivity index (χ4n) is 2.23. The van der Waals surface area contributed by atoms with Gasteiger partial charge in [-0.25, -0.2) is 8.42 Å². The second-order valence-corrected chi connectivity index (χ2v) is 8.07. The van der Waals surface area contributed by atoms with E-state index in [1.807, 2.05) is 6.92 Å². The molecule has 1 unspecified atom stereocenters. The van der Waals surface area contributed by atoms with Crippen LogP contribution in [0.5, 0.6) is 0 Å². The lowest BCUT2D eigenvalue weighted by atomic mass is 10.2. The smallest absolute Gasteiger partial charge is 0.262 e. The van der Waals surface area contributed by atoms with E-state index in [0.29, 0.717) is 26.1 Å². The van der Waals surface area contributed by atoms with E-state index in [1.165, 1.54) is 10.4 Å². The highest BCUT2D eigenvalue weighted by atomic mass is 32.2. The van der Waals surface area contributed by atoms with Crippen molar-refractivity contribution in [3.8, 4) is 0 Å². The zero-order chi connectivity index (χ0) is 15.5. The first-order valence-electron chi connectivity index (χ1n) is 7.04. The van der Waals surface area contributed by atoms with E-state index < -0.39 is 10.0 Å². The number of nitrogens with one attached hydrogen (secondary N) is 1. The fraction of sp³-hybridized carbons (Fsp3) is 0.615. The summed E-state index contributed by atoms with van der Waals surface area (Å²) >= 11 is 1.15. The van der Waals surface area contributed by atoms with E-state index in [4.69, 9.17) is 5.73 Å². The number of hydrogen-bond donors (Lipinski definition) is 2. The Morgan fingerprint density at radius 3 is 2.76 bits per heavy atom. The van der Waals surface area contributed by atoms with E-state index in [2.05, 4.69) is 5.32 Å². The Labute approximate surface area is 129 Å². The number of carbonyl (C=O) groups is 1. The minimum Gasteiger partial charge on any atom is -0.351 e. The first-order chi connectivity index (χ1) is 9.93. The van der Waals surface area contributed by atoms with Crippen molar-refractivity contribution in [3.63, 3.8) is 0 Å². The van der Waals surface area contributed by atoms with Crippen LogP contribution >= 0.6 is 11.3 Å². The molecule has 1 fully saturated rings. The summed E-state index contributed by atoms with van der Waals surface area (Å²) in [6.45, 7) is 3.37. The van der Waals surface area contributed by atoms with Gasteiger partial charge >= 0.3 is 0 Å². The number of nitrogens with zero attached hydrogens (tertiary/aromatic N) is 1. The number of hydrogen-bond acceptors (Lipinski definition) is 5. The van der Waals surface area contributed by atoms with Gasteiger partial charge in [0, 0.05) is 25.7 Å². The maximum absolute atomic E-state index is 12.5. The molecule has 118 valence electrons. The van der Waals surface area contributed by atoms with Gasteiger partial charge in [0.1, 0.15) is 9.77 Å². The van der Waals surface area contributed by atoms with Crippen LogP contribution in [0.3, 0.4) is 0 Å². The van der Waals surface area contributed by atoms with E-state index >= 15 is 0 Å². The average Bonchev–Trinajstić information content (AvgIpc) is 3.10. The molecule has 21 heavy (non-hydrogen) atoms. The first kappa shape index (κ1) is 16.4. The van der Waals surface area contributed by atoms with Crippen molar-refractivity contribution in [2.45, 2.75) is 37.1 Å². The Hall–Kier alpha value is -0.960. The Bertz CT molecular complexity index is 590. The van der Waals surface area contributed by atoms with Crippen LogP contribution in [-0.2, 0) is 10.0 Å². The predicted molar refractivity (Wildman–Crippen MR) is 82.9 cm³/mol. The summed E-state index contributed by atoms with van der Waals surface area (Å²) in [5.74, 6) is -0.344. The molecule has 0 saturated carbocycles. The monoisotopic (exact) mass is 331 g/mol. The molecule has 8 heteroatoms. The first-order valence-corrected chi connectivity index (χ1v) is 9.36. The van der Waals surface area contributed by atoms with Gasteiger partial charge in [0.25, 0.3) is 5.91 Å². The van der Waals surface area contributed by atoms with E-state index in [0.717, 1.165) is 24.2 Å². The molecule has 0 spiro atoms. The third-order valence-electron chi connectivity index (χ3n) is 3.40. The number of thiophene rings is 1. The van der Waals surface area contributed by atoms with Crippen LogP contribution in [-0.4, -0.2) is 44.3 Å². The van der Waals surface area contributed by atoms with Crippen LogP contribution in [0.4, 0.5) is 0 Å². The molecular formula is C13H21N3O3S2. The number of carbonyl (C=O) groups excluding carboxylic acids is 1. The fourth-order valence-corrected chi connectivity index (χ4v) is 5.06. The zero-order valence-corrected chi connectivity index (χ0v) is 13.7. The molecule has 1 aromatic heterocycles. The second-order valence-electron chi connectivity index (χ2n) is 5.25. The molecule has 0 aliphatic carbocycles. The van der Waals surface area contributed by atoms with Crippen molar-refractivity contribution in [3.05, 3.63) is 16.3 Å². The van der Waals surface area contributed by atoms with Gasteiger partial charge in [0.2, 0.25) is 10.0 Å². The molecule has 2 rings (SSSR count). The summed E-state index contributed by atoms with van der Waals surface area (Å²) in [5, 5.41) is 4.37. The molecule has 1 saturated heterocycles. The summed E-state index contributed by atoms with van der Waals surface area (Å²) in [6.07, 6.45) is 2.41. The van der Waals surface area contributed by atoms with Gasteiger partial charge in [-0.05, 0) is 37.6 Å². The lowest BCUT2D eigenvalue weighted by Crippen LogP contribution is -2.32. The van der Waals surface area contributed by atoms with Crippen LogP contribution in [0.15, 0.2) is 16.3 Å². The van der Waals surface area contributed by atoms with Crippen molar-refractivity contribution >= 4 is 27.3 Å². The van der Waals surface area contributed by atoms with Crippen molar-refractivity contribution in [1.29, 1.82) is 0 Å². The van der Waals surface area contributed by atoms with Crippen molar-refractivity contribution in [2.75, 3.05) is 19.6 Å².